The zero-order valence-corrected chi connectivity index (χ0v) is 18.0. The number of hydrogen-bond donors (Lipinski definition) is 1. The van der Waals surface area contributed by atoms with Crippen LogP contribution in [0.3, 0.4) is 0 Å². The van der Waals surface area contributed by atoms with Gasteiger partial charge >= 0.3 is 0 Å². The van der Waals surface area contributed by atoms with E-state index >= 15 is 0 Å². The number of alkyl halides is 1. The van der Waals surface area contributed by atoms with Crippen molar-refractivity contribution in [2.75, 3.05) is 0 Å². The molecule has 3 aromatic carbocycles. The summed E-state index contributed by atoms with van der Waals surface area (Å²) in [7, 11) is -4.07. The first-order valence-electron chi connectivity index (χ1n) is 9.26. The molecule has 160 valence electrons. The molecule has 0 saturated heterocycles. The van der Waals surface area contributed by atoms with Crippen LogP contribution in [0.5, 0.6) is 0 Å². The summed E-state index contributed by atoms with van der Waals surface area (Å²) in [6, 6.07) is 18.3. The number of halogens is 1. The van der Waals surface area contributed by atoms with E-state index in [0.717, 1.165) is 5.56 Å². The quantitative estimate of drug-likeness (QED) is 0.233. The lowest BCUT2D eigenvalue weighted by Gasteiger charge is -2.23. The standard InChI is InChI=1S/C22H19ClN2O5S/c1-15-7-13-19(14-8-15)31(29,30)24-21(22(26)17-5-3-2-4-6-17)20(23)16-9-11-18(12-10-16)25(27)28/h2-14,20-21,24H,1H3/t20-,21-/m1/s1. The SMILES string of the molecule is Cc1ccc(S(=O)(=O)N[C@@H](C(=O)c2ccccc2)[C@H](Cl)c2ccc([N+](=O)[O-])cc2)cc1. The third-order valence-electron chi connectivity index (χ3n) is 4.67. The number of Topliss-reactive ketones (excluding diaryl/α,β-unsaturated/α-hetero) is 1. The minimum absolute atomic E-state index is 0.00321. The predicted molar refractivity (Wildman–Crippen MR) is 118 cm³/mol. The van der Waals surface area contributed by atoms with Crippen LogP contribution >= 0.6 is 11.6 Å². The molecule has 0 aliphatic rings. The van der Waals surface area contributed by atoms with Crippen LogP contribution in [0.4, 0.5) is 5.69 Å². The van der Waals surface area contributed by atoms with Crippen LogP contribution in [0.2, 0.25) is 0 Å². The van der Waals surface area contributed by atoms with Gasteiger partial charge < -0.3 is 0 Å². The van der Waals surface area contributed by atoms with Crippen LogP contribution in [0.1, 0.15) is 26.9 Å². The van der Waals surface area contributed by atoms with Crippen molar-refractivity contribution in [2.45, 2.75) is 23.2 Å². The largest absolute Gasteiger partial charge is 0.292 e. The Bertz CT molecular complexity index is 1180. The second-order valence-electron chi connectivity index (χ2n) is 6.89. The Labute approximate surface area is 184 Å². The molecule has 0 aromatic heterocycles. The third kappa shape index (κ3) is 5.35. The molecule has 0 heterocycles. The third-order valence-corrected chi connectivity index (χ3v) is 6.63. The topological polar surface area (TPSA) is 106 Å². The van der Waals surface area contributed by atoms with Crippen LogP contribution in [0.25, 0.3) is 0 Å². The van der Waals surface area contributed by atoms with E-state index in [1.165, 1.54) is 36.4 Å². The molecular weight excluding hydrogens is 440 g/mol. The summed E-state index contributed by atoms with van der Waals surface area (Å²) in [5.74, 6) is -0.519. The van der Waals surface area contributed by atoms with Crippen LogP contribution < -0.4 is 4.72 Å². The van der Waals surface area contributed by atoms with Crippen molar-refractivity contribution in [1.29, 1.82) is 0 Å². The maximum atomic E-state index is 13.2. The normalized spacial score (nSPS) is 13.4. The molecule has 0 bridgehead atoms. The van der Waals surface area contributed by atoms with Crippen LogP contribution in [-0.4, -0.2) is 25.2 Å². The molecule has 3 rings (SSSR count). The molecule has 0 aliphatic heterocycles. The fourth-order valence-corrected chi connectivity index (χ4v) is 4.56. The number of sulfonamides is 1. The first-order chi connectivity index (χ1) is 14.7. The molecule has 0 aliphatic carbocycles. The van der Waals surface area contributed by atoms with Gasteiger partial charge in [-0.15, -0.1) is 11.6 Å². The van der Waals surface area contributed by atoms with Gasteiger partial charge in [0.2, 0.25) is 10.0 Å². The zero-order chi connectivity index (χ0) is 22.6. The van der Waals surface area contributed by atoms with Gasteiger partial charge in [-0.2, -0.15) is 4.72 Å². The predicted octanol–water partition coefficient (Wildman–Crippen LogP) is 4.41. The van der Waals surface area contributed by atoms with Crippen LogP contribution in [-0.2, 0) is 10.0 Å². The van der Waals surface area contributed by atoms with Crippen molar-refractivity contribution in [3.8, 4) is 0 Å². The molecule has 1 N–H and O–H groups in total. The summed E-state index contributed by atoms with van der Waals surface area (Å²) in [5.41, 5.74) is 1.40. The summed E-state index contributed by atoms with van der Waals surface area (Å²) >= 11 is 6.55. The summed E-state index contributed by atoms with van der Waals surface area (Å²) in [4.78, 5) is 23.5. The number of non-ortho nitro benzene ring substituents is 1. The first kappa shape index (κ1) is 22.6. The van der Waals surface area contributed by atoms with Gasteiger partial charge in [0.15, 0.2) is 5.78 Å². The molecule has 0 amide bonds. The molecule has 9 heteroatoms. The second kappa shape index (κ2) is 9.38. The second-order valence-corrected chi connectivity index (χ2v) is 9.08. The van der Waals surface area contributed by atoms with Crippen molar-refractivity contribution >= 4 is 33.1 Å². The zero-order valence-electron chi connectivity index (χ0n) is 16.4. The number of nitrogens with one attached hydrogen (secondary N) is 1. The maximum Gasteiger partial charge on any atom is 0.269 e. The number of nitrogens with zero attached hydrogens (tertiary/aromatic N) is 1. The van der Waals surface area contributed by atoms with Crippen molar-refractivity contribution < 1.29 is 18.1 Å². The monoisotopic (exact) mass is 458 g/mol. The number of rotatable bonds is 8. The van der Waals surface area contributed by atoms with E-state index in [2.05, 4.69) is 4.72 Å². The van der Waals surface area contributed by atoms with Gasteiger partial charge in [0.1, 0.15) is 6.04 Å². The Morgan fingerprint density at radius 3 is 2.10 bits per heavy atom. The fraction of sp³-hybridized carbons (Fsp3) is 0.136. The fourth-order valence-electron chi connectivity index (χ4n) is 2.95. The van der Waals surface area contributed by atoms with Gasteiger partial charge in [0, 0.05) is 17.7 Å². The average molecular weight is 459 g/mol. The molecule has 0 unspecified atom stereocenters. The Morgan fingerprint density at radius 1 is 0.968 bits per heavy atom. The summed E-state index contributed by atoms with van der Waals surface area (Å²) in [5, 5.41) is 9.80. The number of hydrogen-bond acceptors (Lipinski definition) is 5. The van der Waals surface area contributed by atoms with E-state index < -0.39 is 32.1 Å². The first-order valence-corrected chi connectivity index (χ1v) is 11.2. The number of nitro groups is 1. The van der Waals surface area contributed by atoms with Gasteiger partial charge in [-0.05, 0) is 24.6 Å². The molecule has 0 spiro atoms. The number of nitro benzene ring substituents is 1. The number of carbonyl (C=O) groups excluding carboxylic acids is 1. The number of carbonyl (C=O) groups is 1. The Balaban J connectivity index is 1.99. The van der Waals surface area contributed by atoms with Crippen molar-refractivity contribution in [1.82, 2.24) is 4.72 Å². The lowest BCUT2D eigenvalue weighted by molar-refractivity contribution is -0.384. The van der Waals surface area contributed by atoms with Gasteiger partial charge in [0.05, 0.1) is 15.2 Å². The Hall–Kier alpha value is -3.07. The van der Waals surface area contributed by atoms with Gasteiger partial charge in [-0.25, -0.2) is 8.42 Å². The molecule has 3 aromatic rings. The van der Waals surface area contributed by atoms with Crippen molar-refractivity contribution in [2.24, 2.45) is 0 Å². The average Bonchev–Trinajstić information content (AvgIpc) is 2.77. The molecular formula is C22H19ClN2O5S. The van der Waals surface area contributed by atoms with Crippen molar-refractivity contribution in [3.05, 3.63) is 106 Å². The number of aryl methyl sites for hydroxylation is 1. The Morgan fingerprint density at radius 2 is 1.55 bits per heavy atom. The van der Waals surface area contributed by atoms with Gasteiger partial charge in [-0.1, -0.05) is 60.2 Å². The lowest BCUT2D eigenvalue weighted by Crippen LogP contribution is -2.43. The highest BCUT2D eigenvalue weighted by atomic mass is 35.5. The summed E-state index contributed by atoms with van der Waals surface area (Å²) in [6.45, 7) is 1.83. The van der Waals surface area contributed by atoms with E-state index in [9.17, 15) is 23.3 Å². The minimum Gasteiger partial charge on any atom is -0.292 e. The van der Waals surface area contributed by atoms with E-state index in [-0.39, 0.29) is 16.1 Å². The summed E-state index contributed by atoms with van der Waals surface area (Å²) < 4.78 is 28.3. The number of ketones is 1. The molecule has 0 radical (unpaired) electrons. The molecule has 0 saturated carbocycles. The molecule has 0 fully saturated rings. The van der Waals surface area contributed by atoms with E-state index in [1.807, 2.05) is 6.92 Å². The van der Waals surface area contributed by atoms with Gasteiger partial charge in [0.25, 0.3) is 5.69 Å². The number of benzene rings is 3. The molecule has 7 nitrogen and oxygen atoms in total. The smallest absolute Gasteiger partial charge is 0.269 e. The van der Waals surface area contributed by atoms with Crippen molar-refractivity contribution in [3.63, 3.8) is 0 Å². The van der Waals surface area contributed by atoms with E-state index in [0.29, 0.717) is 5.56 Å². The van der Waals surface area contributed by atoms with Crippen LogP contribution in [0.15, 0.2) is 83.8 Å². The minimum atomic E-state index is -4.07. The van der Waals surface area contributed by atoms with E-state index in [1.54, 1.807) is 42.5 Å². The highest BCUT2D eigenvalue weighted by Crippen LogP contribution is 2.29. The van der Waals surface area contributed by atoms with Crippen LogP contribution in [0, 0.1) is 17.0 Å². The maximum absolute atomic E-state index is 13.2. The molecule has 2 atom stereocenters. The lowest BCUT2D eigenvalue weighted by atomic mass is 9.98. The highest BCUT2D eigenvalue weighted by molar-refractivity contribution is 7.89. The van der Waals surface area contributed by atoms with E-state index in [4.69, 9.17) is 11.6 Å². The van der Waals surface area contributed by atoms with Gasteiger partial charge in [-0.3, -0.25) is 14.9 Å². The highest BCUT2D eigenvalue weighted by Gasteiger charge is 2.33. The molecule has 31 heavy (non-hydrogen) atoms. The Kier molecular flexibility index (Phi) is 6.84. The summed E-state index contributed by atoms with van der Waals surface area (Å²) in [6.07, 6.45) is 0.